The molecule has 1 aliphatic carbocycles. The summed E-state index contributed by atoms with van der Waals surface area (Å²) >= 11 is 6.01. The quantitative estimate of drug-likeness (QED) is 0.362. The predicted octanol–water partition coefficient (Wildman–Crippen LogP) is 4.83. The minimum absolute atomic E-state index is 0.0917. The van der Waals surface area contributed by atoms with Crippen LogP contribution in [0.4, 0.5) is 5.69 Å². The van der Waals surface area contributed by atoms with Gasteiger partial charge in [-0.15, -0.1) is 0 Å². The normalized spacial score (nSPS) is 21.5. The van der Waals surface area contributed by atoms with Gasteiger partial charge in [-0.05, 0) is 97.3 Å². The van der Waals surface area contributed by atoms with E-state index < -0.39 is 22.2 Å². The number of nitrogens with one attached hydrogen (secondary N) is 2. The van der Waals surface area contributed by atoms with Crippen molar-refractivity contribution in [1.82, 2.24) is 9.62 Å². The molecule has 1 fully saturated rings. The molecule has 2 aliphatic rings. The molecule has 0 bridgehead atoms. The molecule has 3 atom stereocenters. The van der Waals surface area contributed by atoms with Gasteiger partial charge < -0.3 is 10.4 Å². The highest BCUT2D eigenvalue weighted by atomic mass is 35.5. The van der Waals surface area contributed by atoms with Crippen LogP contribution in [0.1, 0.15) is 54.5 Å². The van der Waals surface area contributed by atoms with Crippen molar-refractivity contribution in [1.29, 1.82) is 0 Å². The molecule has 1 heterocycles. The maximum absolute atomic E-state index is 13.3. The lowest BCUT2D eigenvalue weighted by Crippen LogP contribution is -2.40. The highest BCUT2D eigenvalue weighted by Crippen LogP contribution is 2.34. The van der Waals surface area contributed by atoms with Crippen LogP contribution in [-0.4, -0.2) is 43.0 Å². The van der Waals surface area contributed by atoms with Crippen molar-refractivity contribution >= 4 is 33.2 Å². The molecule has 0 aromatic heterocycles. The van der Waals surface area contributed by atoms with Gasteiger partial charge in [-0.1, -0.05) is 48.9 Å². The van der Waals surface area contributed by atoms with Gasteiger partial charge in [0.25, 0.3) is 0 Å². The summed E-state index contributed by atoms with van der Waals surface area (Å²) in [6.45, 7) is 3.51. The largest absolute Gasteiger partial charge is 0.391 e. The van der Waals surface area contributed by atoms with E-state index in [1.807, 2.05) is 43.3 Å². The number of sulfonamides is 1. The summed E-state index contributed by atoms with van der Waals surface area (Å²) in [4.78, 5) is 15.6. The number of hydrogen-bond acceptors (Lipinski definition) is 5. The van der Waals surface area contributed by atoms with E-state index in [2.05, 4.69) is 14.9 Å². The summed E-state index contributed by atoms with van der Waals surface area (Å²) in [5.74, 6) is -0.0917. The molecule has 39 heavy (non-hydrogen) atoms. The Hall–Kier alpha value is -2.75. The minimum atomic E-state index is -3.86. The van der Waals surface area contributed by atoms with Gasteiger partial charge in [0.05, 0.1) is 23.1 Å². The van der Waals surface area contributed by atoms with Crippen LogP contribution in [-0.2, 0) is 34.2 Å². The fraction of sp³-hybridized carbons (Fsp3) is 0.367. The van der Waals surface area contributed by atoms with Crippen LogP contribution in [0.25, 0.3) is 0 Å². The lowest BCUT2D eigenvalue weighted by Gasteiger charge is -2.31. The zero-order chi connectivity index (χ0) is 27.6. The molecule has 3 aromatic rings. The Morgan fingerprint density at radius 3 is 2.46 bits per heavy atom. The molecular weight excluding hydrogens is 534 g/mol. The van der Waals surface area contributed by atoms with Gasteiger partial charge in [0.15, 0.2) is 0 Å². The van der Waals surface area contributed by atoms with Crippen LogP contribution in [0.3, 0.4) is 0 Å². The molecule has 5 rings (SSSR count). The van der Waals surface area contributed by atoms with Crippen molar-refractivity contribution in [2.45, 2.75) is 68.7 Å². The number of likely N-dealkylation sites (tertiary alicyclic amines) is 1. The Morgan fingerprint density at radius 1 is 1.03 bits per heavy atom. The van der Waals surface area contributed by atoms with Crippen molar-refractivity contribution in [3.8, 4) is 0 Å². The number of anilines is 1. The number of benzene rings is 3. The smallest absolute Gasteiger partial charge is 0.241 e. The van der Waals surface area contributed by atoms with Crippen molar-refractivity contribution in [2.24, 2.45) is 0 Å². The Bertz CT molecular complexity index is 1430. The highest BCUT2D eigenvalue weighted by molar-refractivity contribution is 7.89. The van der Waals surface area contributed by atoms with Gasteiger partial charge in [-0.3, -0.25) is 9.69 Å². The van der Waals surface area contributed by atoms with Crippen LogP contribution >= 0.6 is 11.6 Å². The van der Waals surface area contributed by atoms with Crippen LogP contribution in [0.5, 0.6) is 0 Å². The highest BCUT2D eigenvalue weighted by Gasteiger charge is 2.34. The number of carbonyl (C=O) groups is 1. The SMILES string of the molecule is CCc1ccc(S(=O)(=O)N[C@@H]2c3cc(NC(=O)[C@H]4CCCN4Cc4ccc(Cl)cc4)ccc3CC[C@H]2O)cc1. The third kappa shape index (κ3) is 6.36. The first kappa shape index (κ1) is 27.8. The number of halogens is 1. The molecule has 3 N–H and O–H groups in total. The van der Waals surface area contributed by atoms with Gasteiger partial charge in [0, 0.05) is 17.3 Å². The molecule has 0 unspecified atom stereocenters. The summed E-state index contributed by atoms with van der Waals surface area (Å²) in [6, 6.07) is 18.9. The molecule has 1 amide bonds. The van der Waals surface area contributed by atoms with E-state index in [-0.39, 0.29) is 16.8 Å². The Balaban J connectivity index is 1.32. The number of nitrogens with zero attached hydrogens (tertiary/aromatic N) is 1. The number of amides is 1. The van der Waals surface area contributed by atoms with E-state index in [0.29, 0.717) is 35.7 Å². The third-order valence-corrected chi connectivity index (χ3v) is 9.44. The zero-order valence-electron chi connectivity index (χ0n) is 21.9. The van der Waals surface area contributed by atoms with E-state index in [9.17, 15) is 18.3 Å². The van der Waals surface area contributed by atoms with Crippen LogP contribution in [0, 0.1) is 0 Å². The maximum atomic E-state index is 13.3. The van der Waals surface area contributed by atoms with Crippen molar-refractivity contribution in [3.63, 3.8) is 0 Å². The van der Waals surface area contributed by atoms with E-state index >= 15 is 0 Å². The summed E-state index contributed by atoms with van der Waals surface area (Å²) < 4.78 is 29.1. The number of hydrogen-bond donors (Lipinski definition) is 3. The topological polar surface area (TPSA) is 98.7 Å². The van der Waals surface area contributed by atoms with Crippen molar-refractivity contribution in [2.75, 3.05) is 11.9 Å². The molecule has 1 aliphatic heterocycles. The number of aliphatic hydroxyl groups excluding tert-OH is 1. The lowest BCUT2D eigenvalue weighted by molar-refractivity contribution is -0.120. The number of carbonyl (C=O) groups excluding carboxylic acids is 1. The second-order valence-electron chi connectivity index (χ2n) is 10.4. The van der Waals surface area contributed by atoms with E-state index in [1.165, 1.54) is 0 Å². The fourth-order valence-corrected chi connectivity index (χ4v) is 6.89. The standard InChI is InChI=1S/C30H34ClN3O4S/c1-2-20-7-14-25(15-8-20)39(37,38)33-29-26-18-24(13-9-22(26)10-16-28(29)35)32-30(36)27-4-3-17-34(27)19-21-5-11-23(31)12-6-21/h5-9,11-15,18,27-29,33,35H,2-4,10,16-17,19H2,1H3,(H,32,36)/t27-,28-,29-/m1/s1. The predicted molar refractivity (Wildman–Crippen MR) is 153 cm³/mol. The molecule has 0 saturated carbocycles. The lowest BCUT2D eigenvalue weighted by atomic mass is 9.86. The summed E-state index contributed by atoms with van der Waals surface area (Å²) in [5, 5.41) is 14.5. The molecule has 3 aromatic carbocycles. The van der Waals surface area contributed by atoms with Crippen molar-refractivity contribution < 1.29 is 18.3 Å². The van der Waals surface area contributed by atoms with E-state index in [1.54, 1.807) is 30.3 Å². The minimum Gasteiger partial charge on any atom is -0.391 e. The van der Waals surface area contributed by atoms with Gasteiger partial charge in [0.1, 0.15) is 0 Å². The van der Waals surface area contributed by atoms with Crippen LogP contribution < -0.4 is 10.0 Å². The average molecular weight is 568 g/mol. The summed E-state index contributed by atoms with van der Waals surface area (Å²) in [5.41, 5.74) is 4.37. The van der Waals surface area contributed by atoms with E-state index in [4.69, 9.17) is 11.6 Å². The first-order valence-corrected chi connectivity index (χ1v) is 15.3. The monoisotopic (exact) mass is 567 g/mol. The molecule has 1 saturated heterocycles. The number of fused-ring (bicyclic) bond motifs is 1. The van der Waals surface area contributed by atoms with Gasteiger partial charge in [-0.25, -0.2) is 13.1 Å². The summed E-state index contributed by atoms with van der Waals surface area (Å²) in [6.07, 6.45) is 2.72. The molecule has 7 nitrogen and oxygen atoms in total. The first-order valence-electron chi connectivity index (χ1n) is 13.4. The van der Waals surface area contributed by atoms with E-state index in [0.717, 1.165) is 42.5 Å². The Morgan fingerprint density at radius 2 is 1.74 bits per heavy atom. The molecular formula is C30H34ClN3O4S. The molecule has 206 valence electrons. The zero-order valence-corrected chi connectivity index (χ0v) is 23.5. The van der Waals surface area contributed by atoms with Gasteiger partial charge >= 0.3 is 0 Å². The Kier molecular flexibility index (Phi) is 8.40. The average Bonchev–Trinajstić information content (AvgIpc) is 3.40. The second-order valence-corrected chi connectivity index (χ2v) is 12.5. The molecule has 9 heteroatoms. The number of aliphatic hydroxyl groups is 1. The maximum Gasteiger partial charge on any atom is 0.241 e. The summed E-state index contributed by atoms with van der Waals surface area (Å²) in [7, 11) is -3.86. The van der Waals surface area contributed by atoms with Gasteiger partial charge in [-0.2, -0.15) is 0 Å². The molecule has 0 spiro atoms. The first-order chi connectivity index (χ1) is 18.7. The number of rotatable bonds is 8. The Labute approximate surface area is 235 Å². The fourth-order valence-electron chi connectivity index (χ4n) is 5.51. The second kappa shape index (κ2) is 11.8. The number of aryl methyl sites for hydroxylation is 2. The van der Waals surface area contributed by atoms with Gasteiger partial charge in [0.2, 0.25) is 15.9 Å². The van der Waals surface area contributed by atoms with Crippen molar-refractivity contribution in [3.05, 3.63) is 94.0 Å². The van der Waals surface area contributed by atoms with Crippen LogP contribution in [0.15, 0.2) is 71.6 Å². The molecule has 0 radical (unpaired) electrons. The van der Waals surface area contributed by atoms with Crippen LogP contribution in [0.2, 0.25) is 5.02 Å². The third-order valence-electron chi connectivity index (χ3n) is 7.73.